The van der Waals surface area contributed by atoms with Crippen LogP contribution in [-0.4, -0.2) is 36.1 Å². The molecule has 0 saturated carbocycles. The van der Waals surface area contributed by atoms with Gasteiger partial charge in [0, 0.05) is 20.6 Å². The largest absolute Gasteiger partial charge is 0.495 e. The van der Waals surface area contributed by atoms with Gasteiger partial charge in [0.05, 0.1) is 30.7 Å². The van der Waals surface area contributed by atoms with Gasteiger partial charge in [-0.1, -0.05) is 63.9 Å². The Morgan fingerprint density at radius 1 is 0.917 bits per heavy atom. The van der Waals surface area contributed by atoms with Gasteiger partial charge in [-0.15, -0.1) is 0 Å². The number of fused-ring (bicyclic) bond motifs is 3. The molecular weight excluding hydrogens is 550 g/mol. The Labute approximate surface area is 219 Å². The van der Waals surface area contributed by atoms with Gasteiger partial charge in [0.2, 0.25) is 29.0 Å². The van der Waals surface area contributed by atoms with Crippen molar-refractivity contribution in [2.75, 3.05) is 12.0 Å². The van der Waals surface area contributed by atoms with E-state index in [2.05, 4.69) is 15.9 Å². The van der Waals surface area contributed by atoms with Crippen LogP contribution in [0.15, 0.2) is 71.2 Å². The maximum absolute atomic E-state index is 14.0. The average Bonchev–Trinajstić information content (AvgIpc) is 3.44. The van der Waals surface area contributed by atoms with Crippen molar-refractivity contribution in [1.29, 1.82) is 0 Å². The van der Waals surface area contributed by atoms with Crippen molar-refractivity contribution in [3.8, 4) is 5.75 Å². The van der Waals surface area contributed by atoms with Gasteiger partial charge in [0.15, 0.2) is 0 Å². The highest BCUT2D eigenvalue weighted by Crippen LogP contribution is 2.58. The fraction of sp³-hybridized carbons (Fsp3) is 0.185. The number of anilines is 1. The van der Waals surface area contributed by atoms with E-state index in [0.29, 0.717) is 10.6 Å². The van der Waals surface area contributed by atoms with E-state index in [4.69, 9.17) is 21.1 Å². The first kappa shape index (κ1) is 23.1. The summed E-state index contributed by atoms with van der Waals surface area (Å²) in [6.07, 6.45) is -1.00. The fourth-order valence-corrected chi connectivity index (χ4v) is 5.98. The van der Waals surface area contributed by atoms with Crippen molar-refractivity contribution in [2.24, 2.45) is 11.8 Å². The number of nitrogens with zero attached hydrogens (tertiary/aromatic N) is 1. The molecule has 1 aliphatic carbocycles. The molecule has 2 fully saturated rings. The van der Waals surface area contributed by atoms with Gasteiger partial charge in [-0.2, -0.15) is 0 Å². The van der Waals surface area contributed by atoms with Crippen LogP contribution in [0.5, 0.6) is 5.75 Å². The van der Waals surface area contributed by atoms with Crippen LogP contribution in [0.4, 0.5) is 5.69 Å². The van der Waals surface area contributed by atoms with Crippen molar-refractivity contribution in [3.05, 3.63) is 92.9 Å². The molecule has 2 saturated heterocycles. The summed E-state index contributed by atoms with van der Waals surface area (Å²) in [5, 5.41) is 0.291. The molecule has 3 aromatic carbocycles. The molecule has 0 radical (unpaired) electrons. The molecule has 7 nitrogen and oxygen atoms in total. The number of amides is 2. The average molecular weight is 567 g/mol. The number of hydrogen-bond donors (Lipinski definition) is 0. The summed E-state index contributed by atoms with van der Waals surface area (Å²) in [5.41, 5.74) is -1.06. The number of Topliss-reactive ketones (excluding diaryl/α,β-unsaturated/α-hetero) is 2. The molecule has 1 spiro atoms. The van der Waals surface area contributed by atoms with Crippen LogP contribution in [0.3, 0.4) is 0 Å². The monoisotopic (exact) mass is 565 g/mol. The molecule has 0 N–H and O–H groups in total. The first-order chi connectivity index (χ1) is 17.3. The number of ketones is 2. The van der Waals surface area contributed by atoms with Gasteiger partial charge in [0.25, 0.3) is 0 Å². The van der Waals surface area contributed by atoms with Gasteiger partial charge < -0.3 is 9.47 Å². The van der Waals surface area contributed by atoms with Crippen molar-refractivity contribution in [3.63, 3.8) is 0 Å². The Balaban J connectivity index is 1.56. The third-order valence-corrected chi connectivity index (χ3v) is 7.86. The Kier molecular flexibility index (Phi) is 5.19. The summed E-state index contributed by atoms with van der Waals surface area (Å²) < 4.78 is 12.5. The topological polar surface area (TPSA) is 90.0 Å². The number of benzene rings is 3. The van der Waals surface area contributed by atoms with Crippen LogP contribution < -0.4 is 9.64 Å². The maximum Gasteiger partial charge on any atom is 0.241 e. The fourth-order valence-electron chi connectivity index (χ4n) is 5.55. The Morgan fingerprint density at radius 2 is 1.56 bits per heavy atom. The normalized spacial score (nSPS) is 24.0. The molecule has 3 aliphatic rings. The van der Waals surface area contributed by atoms with E-state index in [1.54, 1.807) is 48.5 Å². The number of carbonyl (C=O) groups excluding carboxylic acids is 4. The molecule has 2 heterocycles. The second kappa shape index (κ2) is 8.09. The van der Waals surface area contributed by atoms with Crippen LogP contribution in [0, 0.1) is 11.8 Å². The van der Waals surface area contributed by atoms with Gasteiger partial charge in [-0.25, -0.2) is 4.90 Å². The smallest absolute Gasteiger partial charge is 0.241 e. The predicted molar refractivity (Wildman–Crippen MR) is 133 cm³/mol. The first-order valence-electron chi connectivity index (χ1n) is 11.1. The Bertz CT molecular complexity index is 1450. The number of hydrogen-bond acceptors (Lipinski definition) is 6. The third-order valence-electron chi connectivity index (χ3n) is 7.10. The number of imide groups is 1. The summed E-state index contributed by atoms with van der Waals surface area (Å²) in [5.74, 6) is -4.73. The zero-order chi connectivity index (χ0) is 25.4. The van der Waals surface area contributed by atoms with Crippen molar-refractivity contribution >= 4 is 56.6 Å². The van der Waals surface area contributed by atoms with Crippen molar-refractivity contribution in [1.82, 2.24) is 0 Å². The van der Waals surface area contributed by atoms with E-state index in [-0.39, 0.29) is 22.6 Å². The molecule has 0 aromatic heterocycles. The van der Waals surface area contributed by atoms with E-state index in [0.717, 1.165) is 9.37 Å². The standard InChI is InChI=1S/C27H17BrClNO6/c1-35-19-11-10-15(29)12-18(19)30-25(33)20-21(26(30)34)27(36-22(20)13-6-8-14(28)9-7-13)23(31)16-4-2-3-5-17(16)24(27)32/h2-12,20-22H,1H3/t20-,21-,22-/m0/s1. The summed E-state index contributed by atoms with van der Waals surface area (Å²) >= 11 is 9.58. The number of methoxy groups -OCH3 is 1. The lowest BCUT2D eigenvalue weighted by Crippen LogP contribution is -2.51. The third kappa shape index (κ3) is 2.95. The Hall–Kier alpha value is -3.33. The van der Waals surface area contributed by atoms with Crippen LogP contribution >= 0.6 is 27.5 Å². The SMILES string of the molecule is COc1ccc(Cl)cc1N1C(=O)[C@H]2[C@@H](C1=O)C1(O[C@H]2c2ccc(Br)cc2)C(=O)c2ccccc2C1=O. The van der Waals surface area contributed by atoms with E-state index in [9.17, 15) is 19.2 Å². The van der Waals surface area contributed by atoms with E-state index >= 15 is 0 Å². The number of halogens is 2. The minimum absolute atomic E-state index is 0.148. The summed E-state index contributed by atoms with van der Waals surface area (Å²) in [6.45, 7) is 0. The van der Waals surface area contributed by atoms with E-state index in [1.807, 2.05) is 0 Å². The van der Waals surface area contributed by atoms with E-state index < -0.39 is 46.9 Å². The Morgan fingerprint density at radius 3 is 2.17 bits per heavy atom. The zero-order valence-electron chi connectivity index (χ0n) is 18.7. The lowest BCUT2D eigenvalue weighted by atomic mass is 9.77. The lowest BCUT2D eigenvalue weighted by Gasteiger charge is -2.27. The molecule has 36 heavy (non-hydrogen) atoms. The summed E-state index contributed by atoms with van der Waals surface area (Å²) in [4.78, 5) is 56.5. The number of ether oxygens (including phenoxy) is 2. The molecular formula is C27H17BrClNO6. The van der Waals surface area contributed by atoms with Gasteiger partial charge in [-0.3, -0.25) is 19.2 Å². The molecule has 180 valence electrons. The minimum atomic E-state index is -2.14. The van der Waals surface area contributed by atoms with Crippen molar-refractivity contribution < 1.29 is 28.7 Å². The van der Waals surface area contributed by atoms with Gasteiger partial charge >= 0.3 is 0 Å². The number of rotatable bonds is 3. The van der Waals surface area contributed by atoms with E-state index in [1.165, 1.54) is 25.3 Å². The molecule has 3 atom stereocenters. The van der Waals surface area contributed by atoms with Crippen LogP contribution in [0.25, 0.3) is 0 Å². The predicted octanol–water partition coefficient (Wildman–Crippen LogP) is 4.81. The molecule has 9 heteroatoms. The summed E-state index contributed by atoms with van der Waals surface area (Å²) in [7, 11) is 1.41. The highest BCUT2D eigenvalue weighted by atomic mass is 79.9. The second-order valence-electron chi connectivity index (χ2n) is 8.86. The van der Waals surface area contributed by atoms with Crippen LogP contribution in [0.2, 0.25) is 5.02 Å². The molecule has 2 amide bonds. The van der Waals surface area contributed by atoms with Gasteiger partial charge in [-0.05, 0) is 35.9 Å². The summed E-state index contributed by atoms with van der Waals surface area (Å²) in [6, 6.07) is 18.0. The number of carbonyl (C=O) groups is 4. The van der Waals surface area contributed by atoms with Crippen LogP contribution in [0.1, 0.15) is 32.4 Å². The molecule has 0 bridgehead atoms. The first-order valence-corrected chi connectivity index (χ1v) is 12.3. The highest BCUT2D eigenvalue weighted by Gasteiger charge is 2.74. The maximum atomic E-state index is 14.0. The highest BCUT2D eigenvalue weighted by molar-refractivity contribution is 9.10. The molecule has 0 unspecified atom stereocenters. The zero-order valence-corrected chi connectivity index (χ0v) is 21.1. The molecule has 6 rings (SSSR count). The van der Waals surface area contributed by atoms with Crippen molar-refractivity contribution in [2.45, 2.75) is 11.7 Å². The van der Waals surface area contributed by atoms with Gasteiger partial charge in [0.1, 0.15) is 5.75 Å². The lowest BCUT2D eigenvalue weighted by molar-refractivity contribution is -0.127. The molecule has 3 aromatic rings. The van der Waals surface area contributed by atoms with Crippen LogP contribution in [-0.2, 0) is 14.3 Å². The minimum Gasteiger partial charge on any atom is -0.495 e. The molecule has 2 aliphatic heterocycles. The second-order valence-corrected chi connectivity index (χ2v) is 10.2. The quantitative estimate of drug-likeness (QED) is 0.334.